The minimum absolute atomic E-state index is 0.109. The summed E-state index contributed by atoms with van der Waals surface area (Å²) in [6.07, 6.45) is 1.29. The minimum Gasteiger partial charge on any atom is -0.502 e. The summed E-state index contributed by atoms with van der Waals surface area (Å²) >= 11 is 0. The van der Waals surface area contributed by atoms with Crippen LogP contribution in [-0.2, 0) is 11.2 Å². The number of aromatic hydroxyl groups is 1. The SMILES string of the molecule is CC(C)(C)OC(=O)N1CCC(Cc2cc([N+](=O)[O-])c(O)cc2F)CC1. The summed E-state index contributed by atoms with van der Waals surface area (Å²) in [6.45, 7) is 6.41. The molecule has 1 amide bonds. The predicted octanol–water partition coefficient (Wildman–Crippen LogP) is 3.63. The fourth-order valence-corrected chi connectivity index (χ4v) is 2.85. The molecular weight excluding hydrogens is 331 g/mol. The van der Waals surface area contributed by atoms with E-state index in [2.05, 4.69) is 0 Å². The van der Waals surface area contributed by atoms with Crippen molar-refractivity contribution in [2.24, 2.45) is 5.92 Å². The molecule has 138 valence electrons. The zero-order valence-corrected chi connectivity index (χ0v) is 14.6. The molecule has 0 spiro atoms. The molecule has 0 saturated carbocycles. The Kier molecular flexibility index (Phi) is 5.49. The summed E-state index contributed by atoms with van der Waals surface area (Å²) in [4.78, 5) is 23.8. The maximum atomic E-state index is 14.0. The standard InChI is InChI=1S/C17H23FN2O5/c1-17(2,3)25-16(22)19-6-4-11(5-7-19)8-12-9-14(20(23)24)15(21)10-13(12)18/h9-11,21H,4-8H2,1-3H3. The first-order valence-electron chi connectivity index (χ1n) is 8.20. The van der Waals surface area contributed by atoms with Gasteiger partial charge in [-0.2, -0.15) is 0 Å². The first-order chi connectivity index (χ1) is 11.6. The van der Waals surface area contributed by atoms with E-state index in [0.29, 0.717) is 32.4 Å². The van der Waals surface area contributed by atoms with Crippen molar-refractivity contribution >= 4 is 11.8 Å². The molecular formula is C17H23FN2O5. The van der Waals surface area contributed by atoms with Crippen molar-refractivity contribution in [1.82, 2.24) is 4.90 Å². The summed E-state index contributed by atoms with van der Waals surface area (Å²) in [6, 6.07) is 1.87. The van der Waals surface area contributed by atoms with E-state index in [1.807, 2.05) is 0 Å². The summed E-state index contributed by atoms with van der Waals surface area (Å²) in [5.41, 5.74) is -0.843. The monoisotopic (exact) mass is 354 g/mol. The van der Waals surface area contributed by atoms with Gasteiger partial charge in [-0.15, -0.1) is 0 Å². The third-order valence-corrected chi connectivity index (χ3v) is 4.12. The van der Waals surface area contributed by atoms with Crippen molar-refractivity contribution in [2.75, 3.05) is 13.1 Å². The smallest absolute Gasteiger partial charge is 0.410 e. The average molecular weight is 354 g/mol. The molecule has 0 aromatic heterocycles. The number of piperidine rings is 1. The second-order valence-electron chi connectivity index (χ2n) is 7.30. The lowest BCUT2D eigenvalue weighted by Gasteiger charge is -2.33. The number of ether oxygens (including phenoxy) is 1. The van der Waals surface area contributed by atoms with Gasteiger partial charge in [0.05, 0.1) is 4.92 Å². The normalized spacial score (nSPS) is 15.9. The molecule has 2 rings (SSSR count). The van der Waals surface area contributed by atoms with Crippen LogP contribution < -0.4 is 0 Å². The molecule has 1 fully saturated rings. The third kappa shape index (κ3) is 5.04. The lowest BCUT2D eigenvalue weighted by molar-refractivity contribution is -0.386. The lowest BCUT2D eigenvalue weighted by Crippen LogP contribution is -2.42. The van der Waals surface area contributed by atoms with Crippen LogP contribution in [0.25, 0.3) is 0 Å². The quantitative estimate of drug-likeness (QED) is 0.661. The number of phenolic OH excluding ortho intramolecular Hbond substituents is 1. The highest BCUT2D eigenvalue weighted by molar-refractivity contribution is 5.68. The molecule has 0 bridgehead atoms. The van der Waals surface area contributed by atoms with Gasteiger partial charge in [0, 0.05) is 25.2 Å². The Bertz CT molecular complexity index is 664. The molecule has 1 N–H and O–H groups in total. The van der Waals surface area contributed by atoms with E-state index < -0.39 is 27.8 Å². The fraction of sp³-hybridized carbons (Fsp3) is 0.588. The molecule has 0 aliphatic carbocycles. The Hall–Kier alpha value is -2.38. The van der Waals surface area contributed by atoms with Crippen LogP contribution in [0.1, 0.15) is 39.2 Å². The fourth-order valence-electron chi connectivity index (χ4n) is 2.85. The summed E-state index contributed by atoms with van der Waals surface area (Å²) < 4.78 is 19.3. The van der Waals surface area contributed by atoms with Gasteiger partial charge < -0.3 is 14.7 Å². The number of likely N-dealkylation sites (tertiary alicyclic amines) is 1. The van der Waals surface area contributed by atoms with Gasteiger partial charge >= 0.3 is 11.8 Å². The van der Waals surface area contributed by atoms with Crippen molar-refractivity contribution in [2.45, 2.75) is 45.6 Å². The number of nitrogens with zero attached hydrogens (tertiary/aromatic N) is 2. The van der Waals surface area contributed by atoms with Gasteiger partial charge in [0.15, 0.2) is 5.75 Å². The number of hydrogen-bond donors (Lipinski definition) is 1. The largest absolute Gasteiger partial charge is 0.502 e. The van der Waals surface area contributed by atoms with Crippen LogP contribution in [0.2, 0.25) is 0 Å². The molecule has 1 heterocycles. The van der Waals surface area contributed by atoms with Crippen LogP contribution in [0, 0.1) is 21.8 Å². The first kappa shape index (κ1) is 19.0. The molecule has 1 aliphatic heterocycles. The Labute approximate surface area is 145 Å². The highest BCUT2D eigenvalue weighted by Crippen LogP contribution is 2.31. The summed E-state index contributed by atoms with van der Waals surface area (Å²) in [5.74, 6) is -1.22. The van der Waals surface area contributed by atoms with E-state index in [1.165, 1.54) is 0 Å². The highest BCUT2D eigenvalue weighted by atomic mass is 19.1. The van der Waals surface area contributed by atoms with Crippen LogP contribution in [0.4, 0.5) is 14.9 Å². The molecule has 1 aromatic carbocycles. The van der Waals surface area contributed by atoms with E-state index in [0.717, 1.165) is 12.1 Å². The maximum Gasteiger partial charge on any atom is 0.410 e. The van der Waals surface area contributed by atoms with Gasteiger partial charge in [0.1, 0.15) is 11.4 Å². The molecule has 0 radical (unpaired) electrons. The van der Waals surface area contributed by atoms with Crippen molar-refractivity contribution < 1.29 is 24.0 Å². The van der Waals surface area contributed by atoms with Crippen LogP contribution in [0.5, 0.6) is 5.75 Å². The molecule has 1 saturated heterocycles. The Morgan fingerprint density at radius 1 is 1.40 bits per heavy atom. The minimum atomic E-state index is -0.733. The number of hydrogen-bond acceptors (Lipinski definition) is 5. The highest BCUT2D eigenvalue weighted by Gasteiger charge is 2.28. The van der Waals surface area contributed by atoms with Crippen LogP contribution in [0.15, 0.2) is 12.1 Å². The van der Waals surface area contributed by atoms with E-state index in [1.54, 1.807) is 25.7 Å². The van der Waals surface area contributed by atoms with Crippen molar-refractivity contribution in [3.63, 3.8) is 0 Å². The van der Waals surface area contributed by atoms with Crippen molar-refractivity contribution in [3.05, 3.63) is 33.6 Å². The number of benzene rings is 1. The number of nitro benzene ring substituents is 1. The number of nitro groups is 1. The number of carbonyl (C=O) groups is 1. The molecule has 7 nitrogen and oxygen atoms in total. The predicted molar refractivity (Wildman–Crippen MR) is 89.0 cm³/mol. The second kappa shape index (κ2) is 7.25. The van der Waals surface area contributed by atoms with Gasteiger partial charge in [0.2, 0.25) is 0 Å². The first-order valence-corrected chi connectivity index (χ1v) is 8.20. The zero-order valence-electron chi connectivity index (χ0n) is 14.6. The van der Waals surface area contributed by atoms with Crippen LogP contribution >= 0.6 is 0 Å². The molecule has 1 aliphatic rings. The number of amides is 1. The van der Waals surface area contributed by atoms with E-state index in [4.69, 9.17) is 4.74 Å². The topological polar surface area (TPSA) is 92.9 Å². The van der Waals surface area contributed by atoms with Gasteiger partial charge in [-0.05, 0) is 51.5 Å². The maximum absolute atomic E-state index is 14.0. The molecule has 1 aromatic rings. The molecule has 8 heteroatoms. The van der Waals surface area contributed by atoms with Crippen LogP contribution in [-0.4, -0.2) is 39.7 Å². The number of rotatable bonds is 3. The number of carbonyl (C=O) groups excluding carboxylic acids is 1. The van der Waals surface area contributed by atoms with E-state index in [-0.39, 0.29) is 17.6 Å². The lowest BCUT2D eigenvalue weighted by atomic mass is 9.90. The summed E-state index contributed by atoms with van der Waals surface area (Å²) in [5, 5.41) is 20.3. The Morgan fingerprint density at radius 2 is 2.00 bits per heavy atom. The van der Waals surface area contributed by atoms with Gasteiger partial charge in [0.25, 0.3) is 0 Å². The number of halogens is 1. The van der Waals surface area contributed by atoms with Crippen molar-refractivity contribution in [1.29, 1.82) is 0 Å². The summed E-state index contributed by atoms with van der Waals surface area (Å²) in [7, 11) is 0. The zero-order chi connectivity index (χ0) is 18.8. The Morgan fingerprint density at radius 3 is 2.52 bits per heavy atom. The third-order valence-electron chi connectivity index (χ3n) is 4.12. The van der Waals surface area contributed by atoms with Crippen molar-refractivity contribution in [3.8, 4) is 5.75 Å². The second-order valence-corrected chi connectivity index (χ2v) is 7.30. The molecule has 0 atom stereocenters. The van der Waals surface area contributed by atoms with Gasteiger partial charge in [-0.3, -0.25) is 10.1 Å². The van der Waals surface area contributed by atoms with E-state index >= 15 is 0 Å². The molecule has 0 unspecified atom stereocenters. The van der Waals surface area contributed by atoms with Gasteiger partial charge in [-0.25, -0.2) is 9.18 Å². The van der Waals surface area contributed by atoms with E-state index in [9.17, 15) is 24.4 Å². The molecule has 25 heavy (non-hydrogen) atoms. The average Bonchev–Trinajstić information content (AvgIpc) is 2.48. The van der Waals surface area contributed by atoms with Gasteiger partial charge in [-0.1, -0.05) is 0 Å². The number of phenols is 1. The van der Waals surface area contributed by atoms with Crippen LogP contribution in [0.3, 0.4) is 0 Å². The Balaban J connectivity index is 1.97.